The Morgan fingerprint density at radius 1 is 1.12 bits per heavy atom. The van der Waals surface area contributed by atoms with Gasteiger partial charge in [0.25, 0.3) is 5.91 Å². The minimum Gasteiger partial charge on any atom is -0.337 e. The average molecular weight is 344 g/mol. The Balaban J connectivity index is 1.48. The SMILES string of the molecule is C[NH+](CC(=O)N1CCN(c2ncccn2)CC1)Cc1ccccc1F. The van der Waals surface area contributed by atoms with E-state index in [2.05, 4.69) is 14.9 Å². The molecule has 0 radical (unpaired) electrons. The zero-order valence-corrected chi connectivity index (χ0v) is 14.4. The highest BCUT2D eigenvalue weighted by Gasteiger charge is 2.24. The summed E-state index contributed by atoms with van der Waals surface area (Å²) in [6.45, 7) is 3.62. The molecule has 1 unspecified atom stereocenters. The van der Waals surface area contributed by atoms with Crippen molar-refractivity contribution in [2.24, 2.45) is 0 Å². The topological polar surface area (TPSA) is 53.8 Å². The maximum absolute atomic E-state index is 13.7. The van der Waals surface area contributed by atoms with Crippen LogP contribution in [0.2, 0.25) is 0 Å². The number of nitrogens with zero attached hydrogens (tertiary/aromatic N) is 4. The number of quaternary nitrogens is 1. The van der Waals surface area contributed by atoms with Gasteiger partial charge < -0.3 is 14.7 Å². The highest BCUT2D eigenvalue weighted by Crippen LogP contribution is 2.09. The first-order chi connectivity index (χ1) is 12.1. The summed E-state index contributed by atoms with van der Waals surface area (Å²) in [5.41, 5.74) is 0.638. The third kappa shape index (κ3) is 4.51. The molecule has 0 saturated carbocycles. The maximum atomic E-state index is 13.7. The number of benzene rings is 1. The first-order valence-corrected chi connectivity index (χ1v) is 8.48. The molecular formula is C18H23FN5O+. The Kier molecular flexibility index (Phi) is 5.55. The van der Waals surface area contributed by atoms with Crippen molar-refractivity contribution in [2.75, 3.05) is 44.7 Å². The lowest BCUT2D eigenvalue weighted by atomic mass is 10.2. The number of rotatable bonds is 5. The molecule has 1 atom stereocenters. The van der Waals surface area contributed by atoms with Gasteiger partial charge in [-0.3, -0.25) is 4.79 Å². The van der Waals surface area contributed by atoms with Crippen molar-refractivity contribution >= 4 is 11.9 Å². The fourth-order valence-corrected chi connectivity index (χ4v) is 3.01. The molecule has 0 aliphatic carbocycles. The Labute approximate surface area is 146 Å². The van der Waals surface area contributed by atoms with E-state index in [1.807, 2.05) is 18.0 Å². The van der Waals surface area contributed by atoms with E-state index in [-0.39, 0.29) is 11.7 Å². The van der Waals surface area contributed by atoms with Gasteiger partial charge in [0, 0.05) is 44.1 Å². The number of anilines is 1. The van der Waals surface area contributed by atoms with Crippen LogP contribution in [0.4, 0.5) is 10.3 Å². The second kappa shape index (κ2) is 8.02. The maximum Gasteiger partial charge on any atom is 0.277 e. The Bertz CT molecular complexity index is 704. The van der Waals surface area contributed by atoms with Gasteiger partial charge in [-0.1, -0.05) is 18.2 Å². The molecule has 1 amide bonds. The van der Waals surface area contributed by atoms with Crippen molar-refractivity contribution in [1.29, 1.82) is 0 Å². The number of amides is 1. The largest absolute Gasteiger partial charge is 0.337 e. The molecule has 7 heteroatoms. The molecule has 2 heterocycles. The third-order valence-electron chi connectivity index (χ3n) is 4.37. The standard InChI is InChI=1S/C18H22FN5O/c1-22(13-15-5-2-3-6-16(15)19)14-17(25)23-9-11-24(12-10-23)18-20-7-4-8-21-18/h2-8H,9-14H2,1H3/p+1. The lowest BCUT2D eigenvalue weighted by Gasteiger charge is -2.34. The molecule has 3 rings (SSSR count). The van der Waals surface area contributed by atoms with Gasteiger partial charge in [-0.15, -0.1) is 0 Å². The van der Waals surface area contributed by atoms with Crippen molar-refractivity contribution in [1.82, 2.24) is 14.9 Å². The zero-order chi connectivity index (χ0) is 17.6. The molecule has 1 aromatic heterocycles. The minimum absolute atomic E-state index is 0.0995. The molecule has 132 valence electrons. The monoisotopic (exact) mass is 344 g/mol. The molecule has 0 bridgehead atoms. The lowest BCUT2D eigenvalue weighted by Crippen LogP contribution is -3.09. The fourth-order valence-electron chi connectivity index (χ4n) is 3.01. The van der Waals surface area contributed by atoms with Gasteiger partial charge in [-0.05, 0) is 12.1 Å². The fraction of sp³-hybridized carbons (Fsp3) is 0.389. The van der Waals surface area contributed by atoms with Crippen LogP contribution in [0, 0.1) is 5.82 Å². The first-order valence-electron chi connectivity index (χ1n) is 8.48. The van der Waals surface area contributed by atoms with Crippen molar-refractivity contribution in [3.8, 4) is 0 Å². The summed E-state index contributed by atoms with van der Waals surface area (Å²) in [5.74, 6) is 0.588. The van der Waals surface area contributed by atoms with Crippen molar-refractivity contribution in [3.63, 3.8) is 0 Å². The quantitative estimate of drug-likeness (QED) is 0.828. The van der Waals surface area contributed by atoms with Gasteiger partial charge in [0.2, 0.25) is 5.95 Å². The van der Waals surface area contributed by atoms with Crippen LogP contribution >= 0.6 is 0 Å². The van der Waals surface area contributed by atoms with Crippen molar-refractivity contribution in [3.05, 3.63) is 54.1 Å². The first kappa shape index (κ1) is 17.3. The van der Waals surface area contributed by atoms with E-state index in [4.69, 9.17) is 0 Å². The van der Waals surface area contributed by atoms with Crippen LogP contribution in [0.5, 0.6) is 0 Å². The Hall–Kier alpha value is -2.54. The summed E-state index contributed by atoms with van der Waals surface area (Å²) in [4.78, 5) is 25.9. The van der Waals surface area contributed by atoms with E-state index >= 15 is 0 Å². The summed E-state index contributed by atoms with van der Waals surface area (Å²) >= 11 is 0. The summed E-state index contributed by atoms with van der Waals surface area (Å²) < 4.78 is 13.7. The molecule has 1 aliphatic heterocycles. The van der Waals surface area contributed by atoms with Crippen LogP contribution in [0.3, 0.4) is 0 Å². The number of halogens is 1. The van der Waals surface area contributed by atoms with Gasteiger partial charge in [0.05, 0.1) is 7.05 Å². The number of aromatic nitrogens is 2. The second-order valence-electron chi connectivity index (χ2n) is 6.32. The third-order valence-corrected chi connectivity index (χ3v) is 4.37. The van der Waals surface area contributed by atoms with E-state index < -0.39 is 0 Å². The van der Waals surface area contributed by atoms with Gasteiger partial charge in [-0.25, -0.2) is 14.4 Å². The molecule has 1 N–H and O–H groups in total. The molecule has 1 saturated heterocycles. The minimum atomic E-state index is -0.217. The molecular weight excluding hydrogens is 321 g/mol. The van der Waals surface area contributed by atoms with Crippen LogP contribution in [0.1, 0.15) is 5.56 Å². The smallest absolute Gasteiger partial charge is 0.277 e. The summed E-state index contributed by atoms with van der Waals surface area (Å²) in [6, 6.07) is 8.50. The molecule has 1 fully saturated rings. The number of hydrogen-bond acceptors (Lipinski definition) is 4. The van der Waals surface area contributed by atoms with Crippen LogP contribution in [0.15, 0.2) is 42.7 Å². The molecule has 25 heavy (non-hydrogen) atoms. The van der Waals surface area contributed by atoms with Gasteiger partial charge in [-0.2, -0.15) is 0 Å². The van der Waals surface area contributed by atoms with Crippen molar-refractivity contribution < 1.29 is 14.1 Å². The molecule has 2 aromatic rings. The summed E-state index contributed by atoms with van der Waals surface area (Å²) in [6.07, 6.45) is 3.45. The molecule has 6 nitrogen and oxygen atoms in total. The lowest BCUT2D eigenvalue weighted by molar-refractivity contribution is -0.885. The number of likely N-dealkylation sites (N-methyl/N-ethyl adjacent to an activating group) is 1. The average Bonchev–Trinajstić information content (AvgIpc) is 2.64. The summed E-state index contributed by atoms with van der Waals surface area (Å²) in [5, 5.41) is 0. The number of nitrogens with one attached hydrogen (secondary N) is 1. The Morgan fingerprint density at radius 3 is 2.48 bits per heavy atom. The van der Waals surface area contributed by atoms with Crippen LogP contribution in [-0.4, -0.2) is 60.5 Å². The highest BCUT2D eigenvalue weighted by atomic mass is 19.1. The predicted octanol–water partition coefficient (Wildman–Crippen LogP) is -0.0208. The summed E-state index contributed by atoms with van der Waals surface area (Å²) in [7, 11) is 1.92. The molecule has 1 aromatic carbocycles. The normalized spacial score (nSPS) is 15.9. The second-order valence-corrected chi connectivity index (χ2v) is 6.32. The number of piperazine rings is 1. The van der Waals surface area contributed by atoms with E-state index in [0.717, 1.165) is 18.0 Å². The van der Waals surface area contributed by atoms with E-state index in [9.17, 15) is 9.18 Å². The van der Waals surface area contributed by atoms with Gasteiger partial charge in [0.15, 0.2) is 6.54 Å². The zero-order valence-electron chi connectivity index (χ0n) is 14.4. The van der Waals surface area contributed by atoms with Gasteiger partial charge >= 0.3 is 0 Å². The van der Waals surface area contributed by atoms with Crippen LogP contribution < -0.4 is 9.80 Å². The molecule has 1 aliphatic rings. The van der Waals surface area contributed by atoms with Crippen LogP contribution in [-0.2, 0) is 11.3 Å². The Morgan fingerprint density at radius 2 is 1.80 bits per heavy atom. The van der Waals surface area contributed by atoms with Gasteiger partial charge in [0.1, 0.15) is 12.4 Å². The number of carbonyl (C=O) groups excluding carboxylic acids is 1. The van der Waals surface area contributed by atoms with Crippen molar-refractivity contribution in [2.45, 2.75) is 6.54 Å². The van der Waals surface area contributed by atoms with E-state index in [1.54, 1.807) is 30.6 Å². The molecule has 0 spiro atoms. The number of hydrogen-bond donors (Lipinski definition) is 1. The number of carbonyl (C=O) groups is 1. The van der Waals surface area contributed by atoms with Crippen LogP contribution in [0.25, 0.3) is 0 Å². The highest BCUT2D eigenvalue weighted by molar-refractivity contribution is 5.77. The van der Waals surface area contributed by atoms with E-state index in [0.29, 0.717) is 37.7 Å². The predicted molar refractivity (Wildman–Crippen MR) is 92.7 cm³/mol. The van der Waals surface area contributed by atoms with E-state index in [1.165, 1.54) is 6.07 Å².